The monoisotopic (exact) mass is 249 g/mol. The van der Waals surface area contributed by atoms with Crippen LogP contribution >= 0.6 is 11.8 Å². The fourth-order valence-corrected chi connectivity index (χ4v) is 1.83. The zero-order valence-electron chi connectivity index (χ0n) is 9.71. The molecule has 0 aliphatic carbocycles. The van der Waals surface area contributed by atoms with E-state index in [1.165, 1.54) is 12.1 Å². The average Bonchev–Trinajstić information content (AvgIpc) is 2.89. The molecule has 1 N–H and O–H groups in total. The molecular weight excluding hydrogens is 234 g/mol. The molecule has 0 amide bonds. The van der Waals surface area contributed by atoms with Crippen molar-refractivity contribution in [3.05, 3.63) is 31.0 Å². The van der Waals surface area contributed by atoms with Gasteiger partial charge in [-0.1, -0.05) is 0 Å². The summed E-state index contributed by atoms with van der Waals surface area (Å²) in [6.45, 7) is 0.977. The van der Waals surface area contributed by atoms with E-state index in [1.54, 1.807) is 11.0 Å². The molecule has 0 saturated carbocycles. The van der Waals surface area contributed by atoms with Gasteiger partial charge in [-0.15, -0.1) is 0 Å². The summed E-state index contributed by atoms with van der Waals surface area (Å²) in [6.07, 6.45) is 8.22. The van der Waals surface area contributed by atoms with Gasteiger partial charge in [0.2, 0.25) is 0 Å². The Morgan fingerprint density at radius 3 is 3.00 bits per heavy atom. The summed E-state index contributed by atoms with van der Waals surface area (Å²) >= 11 is 1.86. The maximum atomic E-state index is 4.31. The minimum Gasteiger partial charge on any atom is -0.384 e. The lowest BCUT2D eigenvalue weighted by molar-refractivity contribution is 0.845. The molecule has 0 radical (unpaired) electrons. The molecule has 0 bridgehead atoms. The molecule has 0 unspecified atom stereocenters. The quantitative estimate of drug-likeness (QED) is 0.791. The molecule has 0 atom stereocenters. The summed E-state index contributed by atoms with van der Waals surface area (Å²) < 4.78 is 1.64. The van der Waals surface area contributed by atoms with Crippen LogP contribution in [0.5, 0.6) is 0 Å². The predicted octanol–water partition coefficient (Wildman–Crippen LogP) is 1.83. The normalized spacial score (nSPS) is 10.4. The Hall–Kier alpha value is -1.56. The first-order chi connectivity index (χ1) is 8.40. The lowest BCUT2D eigenvalue weighted by Crippen LogP contribution is -2.04. The summed E-state index contributed by atoms with van der Waals surface area (Å²) in [6, 6.07) is 3.93. The highest BCUT2D eigenvalue weighted by molar-refractivity contribution is 7.98. The largest absolute Gasteiger partial charge is 0.384 e. The fraction of sp³-hybridized carbons (Fsp3) is 0.364. The summed E-state index contributed by atoms with van der Waals surface area (Å²) in [4.78, 5) is 8.20. The third-order valence-corrected chi connectivity index (χ3v) is 2.95. The smallest absolute Gasteiger partial charge is 0.155 e. The van der Waals surface area contributed by atoms with E-state index in [-0.39, 0.29) is 0 Å². The number of nitrogens with zero attached hydrogens (tertiary/aromatic N) is 4. The molecule has 2 rings (SSSR count). The number of aromatic nitrogens is 4. The van der Waals surface area contributed by atoms with Crippen molar-refractivity contribution in [2.75, 3.05) is 23.9 Å². The van der Waals surface area contributed by atoms with E-state index < -0.39 is 0 Å². The zero-order chi connectivity index (χ0) is 11.9. The first-order valence-corrected chi connectivity index (χ1v) is 6.83. The molecule has 0 aliphatic heterocycles. The van der Waals surface area contributed by atoms with Crippen LogP contribution in [0, 0.1) is 0 Å². The van der Waals surface area contributed by atoms with E-state index in [9.17, 15) is 0 Å². The summed E-state index contributed by atoms with van der Waals surface area (Å²) in [5, 5.41) is 7.35. The van der Waals surface area contributed by atoms with E-state index in [1.807, 2.05) is 30.1 Å². The van der Waals surface area contributed by atoms with Gasteiger partial charge in [-0.3, -0.25) is 0 Å². The van der Waals surface area contributed by atoms with Gasteiger partial charge >= 0.3 is 0 Å². The Morgan fingerprint density at radius 1 is 1.41 bits per heavy atom. The van der Waals surface area contributed by atoms with Gasteiger partial charge in [0.05, 0.1) is 11.9 Å². The van der Waals surface area contributed by atoms with Gasteiger partial charge in [0, 0.05) is 6.54 Å². The number of thioether (sulfide) groups is 1. The van der Waals surface area contributed by atoms with Gasteiger partial charge in [-0.25, -0.2) is 14.6 Å². The van der Waals surface area contributed by atoms with Crippen molar-refractivity contribution in [1.29, 1.82) is 0 Å². The lowest BCUT2D eigenvalue weighted by Gasteiger charge is -2.06. The van der Waals surface area contributed by atoms with E-state index in [0.29, 0.717) is 0 Å². The third kappa shape index (κ3) is 3.45. The van der Waals surface area contributed by atoms with Crippen LogP contribution in [0.25, 0.3) is 5.82 Å². The zero-order valence-corrected chi connectivity index (χ0v) is 10.5. The molecule has 90 valence electrons. The Balaban J connectivity index is 1.90. The molecule has 2 aromatic rings. The fourth-order valence-electron chi connectivity index (χ4n) is 1.40. The van der Waals surface area contributed by atoms with Crippen molar-refractivity contribution in [3.63, 3.8) is 0 Å². The van der Waals surface area contributed by atoms with Crippen molar-refractivity contribution >= 4 is 17.4 Å². The standard InChI is InChI=1S/C11H15N5S/c1-17-6-2-5-13-10-3-4-11(14-7-10)16-9-12-8-15-16/h3-4,7-9,13H,2,5-6H2,1H3. The Kier molecular flexibility index (Phi) is 4.37. The Bertz CT molecular complexity index is 426. The van der Waals surface area contributed by atoms with Gasteiger partial charge < -0.3 is 5.32 Å². The number of pyridine rings is 1. The first-order valence-electron chi connectivity index (χ1n) is 5.44. The predicted molar refractivity (Wildman–Crippen MR) is 70.6 cm³/mol. The minimum atomic E-state index is 0.775. The molecule has 2 aromatic heterocycles. The van der Waals surface area contributed by atoms with Crippen LogP contribution in [-0.4, -0.2) is 38.3 Å². The minimum absolute atomic E-state index is 0.775. The second-order valence-corrected chi connectivity index (χ2v) is 4.50. The molecule has 0 saturated heterocycles. The lowest BCUT2D eigenvalue weighted by atomic mass is 10.4. The van der Waals surface area contributed by atoms with Crippen LogP contribution in [0.1, 0.15) is 6.42 Å². The Labute approximate surface area is 105 Å². The summed E-state index contributed by atoms with van der Waals surface area (Å²) in [5.74, 6) is 1.95. The molecule has 0 fully saturated rings. The van der Waals surface area contributed by atoms with Crippen molar-refractivity contribution in [2.24, 2.45) is 0 Å². The van der Waals surface area contributed by atoms with E-state index >= 15 is 0 Å². The van der Waals surface area contributed by atoms with Crippen LogP contribution in [-0.2, 0) is 0 Å². The Morgan fingerprint density at radius 2 is 2.35 bits per heavy atom. The molecule has 6 heteroatoms. The van der Waals surface area contributed by atoms with Gasteiger partial charge in [-0.05, 0) is 30.6 Å². The third-order valence-electron chi connectivity index (χ3n) is 2.26. The van der Waals surface area contributed by atoms with E-state index in [0.717, 1.165) is 24.5 Å². The van der Waals surface area contributed by atoms with Crippen molar-refractivity contribution < 1.29 is 0 Å². The highest BCUT2D eigenvalue weighted by atomic mass is 32.2. The van der Waals surface area contributed by atoms with Gasteiger partial charge in [-0.2, -0.15) is 16.9 Å². The molecule has 17 heavy (non-hydrogen) atoms. The topological polar surface area (TPSA) is 55.6 Å². The van der Waals surface area contributed by atoms with Gasteiger partial charge in [0.1, 0.15) is 12.7 Å². The van der Waals surface area contributed by atoms with E-state index in [4.69, 9.17) is 0 Å². The van der Waals surface area contributed by atoms with Crippen LogP contribution in [0.15, 0.2) is 31.0 Å². The molecule has 0 spiro atoms. The van der Waals surface area contributed by atoms with Crippen LogP contribution in [0.2, 0.25) is 0 Å². The maximum absolute atomic E-state index is 4.31. The molecule has 5 nitrogen and oxygen atoms in total. The number of rotatable bonds is 6. The summed E-state index contributed by atoms with van der Waals surface area (Å²) in [7, 11) is 0. The number of nitrogens with one attached hydrogen (secondary N) is 1. The van der Waals surface area contributed by atoms with E-state index in [2.05, 4.69) is 26.6 Å². The highest BCUT2D eigenvalue weighted by Gasteiger charge is 1.98. The first kappa shape index (κ1) is 11.9. The second-order valence-electron chi connectivity index (χ2n) is 3.52. The number of hydrogen-bond acceptors (Lipinski definition) is 5. The number of hydrogen-bond donors (Lipinski definition) is 1. The highest BCUT2D eigenvalue weighted by Crippen LogP contribution is 2.08. The van der Waals surface area contributed by atoms with Gasteiger partial charge in [0.15, 0.2) is 5.82 Å². The second kappa shape index (κ2) is 6.24. The molecule has 0 aromatic carbocycles. The average molecular weight is 249 g/mol. The molecule has 2 heterocycles. The van der Waals surface area contributed by atoms with Crippen molar-refractivity contribution in [1.82, 2.24) is 19.7 Å². The van der Waals surface area contributed by atoms with Crippen LogP contribution in [0.4, 0.5) is 5.69 Å². The SMILES string of the molecule is CSCCCNc1ccc(-n2cncn2)nc1. The van der Waals surface area contributed by atoms with Crippen LogP contribution in [0.3, 0.4) is 0 Å². The van der Waals surface area contributed by atoms with Crippen molar-refractivity contribution in [3.8, 4) is 5.82 Å². The molecule has 0 aliphatic rings. The summed E-state index contributed by atoms with van der Waals surface area (Å²) in [5.41, 5.74) is 1.04. The maximum Gasteiger partial charge on any atom is 0.155 e. The van der Waals surface area contributed by atoms with Crippen molar-refractivity contribution in [2.45, 2.75) is 6.42 Å². The molecular formula is C11H15N5S. The van der Waals surface area contributed by atoms with Crippen LogP contribution < -0.4 is 5.32 Å². The number of anilines is 1. The van der Waals surface area contributed by atoms with Gasteiger partial charge in [0.25, 0.3) is 0 Å².